The van der Waals surface area contributed by atoms with Crippen molar-refractivity contribution in [3.05, 3.63) is 16.9 Å². The molecule has 1 aliphatic rings. The van der Waals surface area contributed by atoms with Crippen LogP contribution in [0.3, 0.4) is 0 Å². The van der Waals surface area contributed by atoms with Crippen LogP contribution in [0.2, 0.25) is 0 Å². The van der Waals surface area contributed by atoms with Crippen LogP contribution in [-0.4, -0.2) is 35.1 Å². The second-order valence-electron chi connectivity index (χ2n) is 5.11. The molecular weight excluding hydrogens is 292 g/mol. The molecule has 0 saturated carbocycles. The lowest BCUT2D eigenvalue weighted by molar-refractivity contribution is 0.416. The first-order chi connectivity index (χ1) is 8.66. The predicted octanol–water partition coefficient (Wildman–Crippen LogP) is 2.60. The second kappa shape index (κ2) is 6.48. The lowest BCUT2D eigenvalue weighted by Gasteiger charge is -2.36. The number of hydrogen-bond donors (Lipinski definition) is 1. The molecule has 0 radical (unpaired) electrons. The molecule has 100 valence electrons. The van der Waals surface area contributed by atoms with Crippen molar-refractivity contribution >= 4 is 21.9 Å². The standard InChI is InChI=1S/C13H21BrN4/c1-10(2)15-9-12-5-3-4-6-18(12)13-16-7-11(14)8-17-13/h7-8,10,12,15H,3-6,9H2,1-2H3. The van der Waals surface area contributed by atoms with Gasteiger partial charge in [-0.2, -0.15) is 0 Å². The summed E-state index contributed by atoms with van der Waals surface area (Å²) in [6.45, 7) is 6.44. The van der Waals surface area contributed by atoms with E-state index in [-0.39, 0.29) is 0 Å². The molecule has 1 aromatic heterocycles. The summed E-state index contributed by atoms with van der Waals surface area (Å²) < 4.78 is 0.931. The zero-order valence-electron chi connectivity index (χ0n) is 11.1. The normalized spacial score (nSPS) is 20.4. The van der Waals surface area contributed by atoms with E-state index in [0.29, 0.717) is 12.1 Å². The van der Waals surface area contributed by atoms with Crippen molar-refractivity contribution in [1.29, 1.82) is 0 Å². The van der Waals surface area contributed by atoms with E-state index in [1.807, 2.05) is 12.4 Å². The molecule has 0 aromatic carbocycles. The van der Waals surface area contributed by atoms with Crippen molar-refractivity contribution in [3.63, 3.8) is 0 Å². The van der Waals surface area contributed by atoms with Gasteiger partial charge >= 0.3 is 0 Å². The Hall–Kier alpha value is -0.680. The molecule has 5 heteroatoms. The molecule has 1 N–H and O–H groups in total. The van der Waals surface area contributed by atoms with Gasteiger partial charge in [0.2, 0.25) is 5.95 Å². The van der Waals surface area contributed by atoms with Crippen LogP contribution >= 0.6 is 15.9 Å². The summed E-state index contributed by atoms with van der Waals surface area (Å²) in [5.74, 6) is 0.855. The van der Waals surface area contributed by atoms with Crippen molar-refractivity contribution in [2.45, 2.75) is 45.2 Å². The maximum Gasteiger partial charge on any atom is 0.225 e. The third-order valence-electron chi connectivity index (χ3n) is 3.25. The molecule has 1 atom stereocenters. The number of nitrogens with one attached hydrogen (secondary N) is 1. The van der Waals surface area contributed by atoms with Gasteiger partial charge in [-0.1, -0.05) is 13.8 Å². The molecule has 2 heterocycles. The first-order valence-electron chi connectivity index (χ1n) is 6.64. The number of rotatable bonds is 4. The molecule has 1 aliphatic heterocycles. The summed E-state index contributed by atoms with van der Waals surface area (Å²) in [6.07, 6.45) is 7.40. The van der Waals surface area contributed by atoms with Crippen molar-refractivity contribution in [1.82, 2.24) is 15.3 Å². The first kappa shape index (κ1) is 13.7. The second-order valence-corrected chi connectivity index (χ2v) is 6.02. The van der Waals surface area contributed by atoms with Gasteiger partial charge in [0.1, 0.15) is 0 Å². The molecule has 1 fully saturated rings. The highest BCUT2D eigenvalue weighted by atomic mass is 79.9. The maximum atomic E-state index is 4.42. The van der Waals surface area contributed by atoms with Gasteiger partial charge in [0.15, 0.2) is 0 Å². The van der Waals surface area contributed by atoms with Gasteiger partial charge in [-0.3, -0.25) is 0 Å². The number of halogens is 1. The Morgan fingerprint density at radius 3 is 2.78 bits per heavy atom. The summed E-state index contributed by atoms with van der Waals surface area (Å²) in [4.78, 5) is 11.2. The highest BCUT2D eigenvalue weighted by Crippen LogP contribution is 2.21. The van der Waals surface area contributed by atoms with E-state index < -0.39 is 0 Å². The number of aromatic nitrogens is 2. The highest BCUT2D eigenvalue weighted by Gasteiger charge is 2.24. The number of anilines is 1. The van der Waals surface area contributed by atoms with Crippen LogP contribution in [0, 0.1) is 0 Å². The maximum absolute atomic E-state index is 4.42. The lowest BCUT2D eigenvalue weighted by atomic mass is 10.0. The molecule has 0 spiro atoms. The Labute approximate surface area is 117 Å². The first-order valence-corrected chi connectivity index (χ1v) is 7.43. The Balaban J connectivity index is 2.05. The van der Waals surface area contributed by atoms with E-state index in [1.54, 1.807) is 0 Å². The van der Waals surface area contributed by atoms with Crippen LogP contribution in [0.25, 0.3) is 0 Å². The fourth-order valence-corrected chi connectivity index (χ4v) is 2.51. The Bertz CT molecular complexity index is 366. The summed E-state index contributed by atoms with van der Waals surface area (Å²) in [5, 5.41) is 3.52. The van der Waals surface area contributed by atoms with Gasteiger partial charge in [-0.15, -0.1) is 0 Å². The minimum atomic E-state index is 0.516. The minimum absolute atomic E-state index is 0.516. The van der Waals surface area contributed by atoms with Gasteiger partial charge in [-0.05, 0) is 35.2 Å². The molecule has 1 unspecified atom stereocenters. The van der Waals surface area contributed by atoms with E-state index in [0.717, 1.165) is 23.5 Å². The van der Waals surface area contributed by atoms with E-state index >= 15 is 0 Å². The fourth-order valence-electron chi connectivity index (χ4n) is 2.30. The van der Waals surface area contributed by atoms with Crippen molar-refractivity contribution < 1.29 is 0 Å². The van der Waals surface area contributed by atoms with Crippen molar-refractivity contribution in [3.8, 4) is 0 Å². The van der Waals surface area contributed by atoms with Crippen LogP contribution < -0.4 is 10.2 Å². The van der Waals surface area contributed by atoms with E-state index in [2.05, 4.69) is 50.0 Å². The fraction of sp³-hybridized carbons (Fsp3) is 0.692. The van der Waals surface area contributed by atoms with Crippen LogP contribution in [0.15, 0.2) is 16.9 Å². The van der Waals surface area contributed by atoms with E-state index in [9.17, 15) is 0 Å². The smallest absolute Gasteiger partial charge is 0.225 e. The monoisotopic (exact) mass is 312 g/mol. The zero-order valence-corrected chi connectivity index (χ0v) is 12.7. The van der Waals surface area contributed by atoms with Gasteiger partial charge in [0.25, 0.3) is 0 Å². The molecule has 4 nitrogen and oxygen atoms in total. The third-order valence-corrected chi connectivity index (χ3v) is 3.66. The summed E-state index contributed by atoms with van der Waals surface area (Å²) in [5.41, 5.74) is 0. The van der Waals surface area contributed by atoms with E-state index in [4.69, 9.17) is 0 Å². The van der Waals surface area contributed by atoms with Crippen molar-refractivity contribution in [2.24, 2.45) is 0 Å². The highest BCUT2D eigenvalue weighted by molar-refractivity contribution is 9.10. The van der Waals surface area contributed by atoms with Crippen LogP contribution in [0.4, 0.5) is 5.95 Å². The van der Waals surface area contributed by atoms with Crippen LogP contribution in [-0.2, 0) is 0 Å². The molecular formula is C13H21BrN4. The number of hydrogen-bond acceptors (Lipinski definition) is 4. The molecule has 18 heavy (non-hydrogen) atoms. The summed E-state index contributed by atoms with van der Waals surface area (Å²) in [6, 6.07) is 1.04. The van der Waals surface area contributed by atoms with Gasteiger partial charge < -0.3 is 10.2 Å². The van der Waals surface area contributed by atoms with Gasteiger partial charge in [-0.25, -0.2) is 9.97 Å². The molecule has 2 rings (SSSR count). The third kappa shape index (κ3) is 3.65. The summed E-state index contributed by atoms with van der Waals surface area (Å²) >= 11 is 3.38. The molecule has 1 saturated heterocycles. The Morgan fingerprint density at radius 2 is 2.11 bits per heavy atom. The Morgan fingerprint density at radius 1 is 1.39 bits per heavy atom. The number of piperidine rings is 1. The predicted molar refractivity (Wildman–Crippen MR) is 77.9 cm³/mol. The Kier molecular flexibility index (Phi) is 4.95. The SMILES string of the molecule is CC(C)NCC1CCCCN1c1ncc(Br)cn1. The van der Waals surface area contributed by atoms with Gasteiger partial charge in [0, 0.05) is 37.6 Å². The molecule has 0 bridgehead atoms. The van der Waals surface area contributed by atoms with Gasteiger partial charge in [0.05, 0.1) is 4.47 Å². The molecule has 0 aliphatic carbocycles. The zero-order chi connectivity index (χ0) is 13.0. The largest absolute Gasteiger partial charge is 0.337 e. The van der Waals surface area contributed by atoms with Crippen LogP contribution in [0.1, 0.15) is 33.1 Å². The lowest BCUT2D eigenvalue weighted by Crippen LogP contribution is -2.47. The average molecular weight is 313 g/mol. The quantitative estimate of drug-likeness (QED) is 0.928. The summed E-state index contributed by atoms with van der Waals surface area (Å²) in [7, 11) is 0. The molecule has 1 aromatic rings. The van der Waals surface area contributed by atoms with Crippen LogP contribution in [0.5, 0.6) is 0 Å². The van der Waals surface area contributed by atoms with E-state index in [1.165, 1.54) is 19.3 Å². The average Bonchev–Trinajstić information content (AvgIpc) is 2.38. The number of nitrogens with zero attached hydrogens (tertiary/aromatic N) is 3. The minimum Gasteiger partial charge on any atom is -0.337 e. The van der Waals surface area contributed by atoms with Crippen molar-refractivity contribution in [2.75, 3.05) is 18.0 Å². The topological polar surface area (TPSA) is 41.0 Å². The molecule has 0 amide bonds.